The minimum Gasteiger partial charge on any atom is -0.409 e. The highest BCUT2D eigenvalue weighted by molar-refractivity contribution is 6.30. The average Bonchev–Trinajstić information content (AvgIpc) is 2.98. The monoisotopic (exact) mass is 309 g/mol. The fourth-order valence-corrected chi connectivity index (χ4v) is 2.98. The summed E-state index contributed by atoms with van der Waals surface area (Å²) in [4.78, 5) is 14.3. The Morgan fingerprint density at radius 1 is 1.43 bits per heavy atom. The molecule has 1 aliphatic carbocycles. The molecule has 1 amide bonds. The van der Waals surface area contributed by atoms with Gasteiger partial charge in [-0.15, -0.1) is 0 Å². The number of benzene rings is 1. The molecule has 3 N–H and O–H groups in total. The molecule has 0 atom stereocenters. The molecule has 1 aliphatic rings. The third-order valence-corrected chi connectivity index (χ3v) is 4.03. The molecule has 0 aromatic heterocycles. The maximum Gasteiger partial charge on any atom is 0.227 e. The van der Waals surface area contributed by atoms with Crippen LogP contribution >= 0.6 is 11.6 Å². The number of amides is 1. The Labute approximate surface area is 129 Å². The summed E-state index contributed by atoms with van der Waals surface area (Å²) in [6.07, 6.45) is 4.44. The van der Waals surface area contributed by atoms with E-state index in [1.54, 1.807) is 17.0 Å². The zero-order chi connectivity index (χ0) is 15.2. The third-order valence-electron chi connectivity index (χ3n) is 3.79. The van der Waals surface area contributed by atoms with Crippen molar-refractivity contribution in [3.05, 3.63) is 34.9 Å². The minimum absolute atomic E-state index is 0.0178. The van der Waals surface area contributed by atoms with Gasteiger partial charge in [0, 0.05) is 11.1 Å². The number of nitrogens with zero attached hydrogens (tertiary/aromatic N) is 2. The van der Waals surface area contributed by atoms with Crippen LogP contribution in [0.15, 0.2) is 29.4 Å². The fourth-order valence-electron chi connectivity index (χ4n) is 2.77. The second-order valence-corrected chi connectivity index (χ2v) is 5.79. The van der Waals surface area contributed by atoms with Gasteiger partial charge in [0.2, 0.25) is 5.91 Å². The summed E-state index contributed by atoms with van der Waals surface area (Å²) in [6, 6.07) is 7.45. The molecule has 0 unspecified atom stereocenters. The summed E-state index contributed by atoms with van der Waals surface area (Å²) in [5, 5.41) is 12.3. The Bertz CT molecular complexity index is 527. The molecule has 0 radical (unpaired) electrons. The van der Waals surface area contributed by atoms with Crippen LogP contribution in [0.4, 0.5) is 0 Å². The quantitative estimate of drug-likeness (QED) is 0.379. The third kappa shape index (κ3) is 4.36. The highest BCUT2D eigenvalue weighted by Gasteiger charge is 2.27. The number of hydrogen-bond acceptors (Lipinski definition) is 3. The number of oxime groups is 1. The van der Waals surface area contributed by atoms with E-state index in [1.807, 2.05) is 12.1 Å². The minimum atomic E-state index is -0.0178. The molecule has 1 aromatic rings. The van der Waals surface area contributed by atoms with Gasteiger partial charge in [0.05, 0.1) is 13.0 Å². The first-order valence-corrected chi connectivity index (χ1v) is 7.48. The van der Waals surface area contributed by atoms with Crippen molar-refractivity contribution < 1.29 is 10.0 Å². The largest absolute Gasteiger partial charge is 0.409 e. The van der Waals surface area contributed by atoms with Crippen LogP contribution in [0.2, 0.25) is 5.02 Å². The number of amidine groups is 1. The highest BCUT2D eigenvalue weighted by atomic mass is 35.5. The molecule has 6 heteroatoms. The second kappa shape index (κ2) is 7.31. The molecule has 1 fully saturated rings. The lowest BCUT2D eigenvalue weighted by atomic mass is 10.1. The van der Waals surface area contributed by atoms with Crippen LogP contribution in [0.3, 0.4) is 0 Å². The van der Waals surface area contributed by atoms with E-state index in [2.05, 4.69) is 5.16 Å². The first kappa shape index (κ1) is 15.6. The van der Waals surface area contributed by atoms with Crippen LogP contribution in [-0.2, 0) is 11.2 Å². The number of rotatable bonds is 5. The summed E-state index contributed by atoms with van der Waals surface area (Å²) in [7, 11) is 0. The molecule has 0 saturated heterocycles. The van der Waals surface area contributed by atoms with Crippen LogP contribution in [-0.4, -0.2) is 34.4 Å². The van der Waals surface area contributed by atoms with E-state index in [0.717, 1.165) is 31.2 Å². The van der Waals surface area contributed by atoms with Crippen molar-refractivity contribution in [1.29, 1.82) is 0 Å². The Hall–Kier alpha value is -1.75. The summed E-state index contributed by atoms with van der Waals surface area (Å²) in [6.45, 7) is 0.167. The van der Waals surface area contributed by atoms with Crippen LogP contribution in [0, 0.1) is 0 Å². The Kier molecular flexibility index (Phi) is 5.44. The summed E-state index contributed by atoms with van der Waals surface area (Å²) < 4.78 is 0. The zero-order valence-electron chi connectivity index (χ0n) is 11.8. The second-order valence-electron chi connectivity index (χ2n) is 5.36. The molecule has 2 rings (SSSR count). The number of halogens is 1. The molecular weight excluding hydrogens is 290 g/mol. The summed E-state index contributed by atoms with van der Waals surface area (Å²) in [5.41, 5.74) is 6.45. The molecule has 0 bridgehead atoms. The van der Waals surface area contributed by atoms with Crippen molar-refractivity contribution in [2.45, 2.75) is 38.1 Å². The van der Waals surface area contributed by atoms with Gasteiger partial charge in [0.15, 0.2) is 5.84 Å². The Morgan fingerprint density at radius 3 is 2.76 bits per heavy atom. The van der Waals surface area contributed by atoms with E-state index in [0.29, 0.717) is 5.02 Å². The number of carbonyl (C=O) groups is 1. The molecule has 21 heavy (non-hydrogen) atoms. The van der Waals surface area contributed by atoms with E-state index in [4.69, 9.17) is 22.5 Å². The normalized spacial score (nSPS) is 16.1. The van der Waals surface area contributed by atoms with Gasteiger partial charge in [-0.05, 0) is 30.5 Å². The summed E-state index contributed by atoms with van der Waals surface area (Å²) >= 11 is 5.94. The lowest BCUT2D eigenvalue weighted by molar-refractivity contribution is -0.131. The number of carbonyl (C=O) groups excluding carboxylic acids is 1. The van der Waals surface area contributed by atoms with E-state index >= 15 is 0 Å². The first-order chi connectivity index (χ1) is 10.1. The van der Waals surface area contributed by atoms with Gasteiger partial charge in [-0.3, -0.25) is 4.79 Å². The van der Waals surface area contributed by atoms with Crippen molar-refractivity contribution in [2.24, 2.45) is 10.9 Å². The zero-order valence-corrected chi connectivity index (χ0v) is 12.6. The van der Waals surface area contributed by atoms with Gasteiger partial charge in [-0.25, -0.2) is 0 Å². The van der Waals surface area contributed by atoms with Crippen molar-refractivity contribution in [3.63, 3.8) is 0 Å². The van der Waals surface area contributed by atoms with Crippen LogP contribution < -0.4 is 5.73 Å². The van der Waals surface area contributed by atoms with Gasteiger partial charge in [0.25, 0.3) is 0 Å². The summed E-state index contributed by atoms with van der Waals surface area (Å²) in [5.74, 6) is 0.0390. The molecular formula is C15H20ClN3O2. The SMILES string of the molecule is NC(CN(C(=O)Cc1cccc(Cl)c1)C1CCCC1)=NO. The van der Waals surface area contributed by atoms with Crippen LogP contribution in [0.5, 0.6) is 0 Å². The topological polar surface area (TPSA) is 78.9 Å². The maximum atomic E-state index is 12.6. The van der Waals surface area contributed by atoms with E-state index < -0.39 is 0 Å². The van der Waals surface area contributed by atoms with E-state index in [9.17, 15) is 4.79 Å². The average molecular weight is 310 g/mol. The van der Waals surface area contributed by atoms with Gasteiger partial charge in [-0.1, -0.05) is 41.7 Å². The smallest absolute Gasteiger partial charge is 0.227 e. The maximum absolute atomic E-state index is 12.6. The predicted molar refractivity (Wildman–Crippen MR) is 82.5 cm³/mol. The fraction of sp³-hybridized carbons (Fsp3) is 0.467. The van der Waals surface area contributed by atoms with Crippen molar-refractivity contribution in [3.8, 4) is 0 Å². The van der Waals surface area contributed by atoms with E-state index in [1.165, 1.54) is 0 Å². The lowest BCUT2D eigenvalue weighted by Crippen LogP contribution is -2.44. The molecule has 0 heterocycles. The molecule has 5 nitrogen and oxygen atoms in total. The molecule has 1 saturated carbocycles. The van der Waals surface area contributed by atoms with Crippen molar-refractivity contribution >= 4 is 23.3 Å². The van der Waals surface area contributed by atoms with E-state index in [-0.39, 0.29) is 30.8 Å². The van der Waals surface area contributed by atoms with Gasteiger partial charge in [0.1, 0.15) is 0 Å². The Morgan fingerprint density at radius 2 is 2.14 bits per heavy atom. The number of nitrogens with two attached hydrogens (primary N) is 1. The van der Waals surface area contributed by atoms with Crippen LogP contribution in [0.25, 0.3) is 0 Å². The van der Waals surface area contributed by atoms with Gasteiger partial charge >= 0.3 is 0 Å². The van der Waals surface area contributed by atoms with Crippen molar-refractivity contribution in [2.75, 3.05) is 6.54 Å². The Balaban J connectivity index is 2.09. The molecule has 114 valence electrons. The lowest BCUT2D eigenvalue weighted by Gasteiger charge is -2.28. The van der Waals surface area contributed by atoms with Gasteiger partial charge < -0.3 is 15.8 Å². The standard InChI is InChI=1S/C15H20ClN3O2/c16-12-5-3-4-11(8-12)9-15(20)19(10-14(17)18-21)13-6-1-2-7-13/h3-5,8,13,21H,1-2,6-7,9-10H2,(H2,17,18). The number of hydrogen-bond donors (Lipinski definition) is 2. The molecule has 0 aliphatic heterocycles. The first-order valence-electron chi connectivity index (χ1n) is 7.10. The molecule has 1 aromatic carbocycles. The van der Waals surface area contributed by atoms with Crippen molar-refractivity contribution in [1.82, 2.24) is 4.90 Å². The van der Waals surface area contributed by atoms with Gasteiger partial charge in [-0.2, -0.15) is 0 Å². The van der Waals surface area contributed by atoms with Crippen LogP contribution in [0.1, 0.15) is 31.2 Å². The molecule has 0 spiro atoms. The highest BCUT2D eigenvalue weighted by Crippen LogP contribution is 2.24. The predicted octanol–water partition coefficient (Wildman–Crippen LogP) is 2.40.